The summed E-state index contributed by atoms with van der Waals surface area (Å²) in [5, 5.41) is 3.33. The van der Waals surface area contributed by atoms with Gasteiger partial charge in [-0.25, -0.2) is 4.39 Å². The Morgan fingerprint density at radius 3 is 1.97 bits per heavy atom. The number of nitrogens with one attached hydrogen (secondary N) is 1. The zero-order valence-corrected chi connectivity index (χ0v) is 22.4. The van der Waals surface area contributed by atoms with E-state index < -0.39 is 17.6 Å². The highest BCUT2D eigenvalue weighted by Crippen LogP contribution is 2.47. The Hall–Kier alpha value is -2.09. The van der Waals surface area contributed by atoms with Crippen molar-refractivity contribution in [1.82, 2.24) is 5.32 Å². The lowest BCUT2D eigenvalue weighted by Crippen LogP contribution is -2.45. The van der Waals surface area contributed by atoms with Crippen LogP contribution in [0.5, 0.6) is 0 Å². The maximum atomic E-state index is 13.4. The predicted octanol–water partition coefficient (Wildman–Crippen LogP) is 6.98. The number of hydrogen-bond acceptors (Lipinski definition) is 4. The fourth-order valence-corrected chi connectivity index (χ4v) is 5.35. The van der Waals surface area contributed by atoms with Crippen molar-refractivity contribution in [2.24, 2.45) is 17.3 Å². The van der Waals surface area contributed by atoms with Crippen LogP contribution in [0.3, 0.4) is 0 Å². The Balaban J connectivity index is 0.000000655. The molecule has 0 amide bonds. The number of carbonyl (C=O) groups is 3. The molecule has 1 aromatic rings. The molecule has 0 aromatic heterocycles. The van der Waals surface area contributed by atoms with Crippen molar-refractivity contribution in [1.29, 1.82) is 0 Å². The molecule has 206 valence electrons. The Labute approximate surface area is 213 Å². The van der Waals surface area contributed by atoms with Gasteiger partial charge in [0.1, 0.15) is 25.2 Å². The fraction of sp³-hybridized carbons (Fsp3) is 0.679. The number of rotatable bonds is 6. The van der Waals surface area contributed by atoms with Crippen molar-refractivity contribution in [2.45, 2.75) is 97.2 Å². The number of Topliss-reactive ketones (excluding diaryl/α,β-unsaturated/α-hetero) is 1. The van der Waals surface area contributed by atoms with E-state index in [-0.39, 0.29) is 11.0 Å². The van der Waals surface area contributed by atoms with Gasteiger partial charge in [0, 0.05) is 12.0 Å². The molecule has 36 heavy (non-hydrogen) atoms. The Kier molecular flexibility index (Phi) is 14.3. The van der Waals surface area contributed by atoms with Gasteiger partial charge in [-0.2, -0.15) is 13.2 Å². The number of alkyl halides is 3. The predicted molar refractivity (Wildman–Crippen MR) is 135 cm³/mol. The second-order valence-corrected chi connectivity index (χ2v) is 10.8. The second kappa shape index (κ2) is 15.2. The van der Waals surface area contributed by atoms with Crippen LogP contribution in [-0.4, -0.2) is 31.9 Å². The second-order valence-electron chi connectivity index (χ2n) is 10.8. The molecule has 4 nitrogen and oxygen atoms in total. The summed E-state index contributed by atoms with van der Waals surface area (Å²) in [6.45, 7) is 12.0. The molecule has 1 aromatic carbocycles. The maximum Gasteiger partial charge on any atom is 0.416 e. The van der Waals surface area contributed by atoms with Gasteiger partial charge in [-0.05, 0) is 87.1 Å². The minimum atomic E-state index is -4.49. The largest absolute Gasteiger partial charge is 0.416 e. The van der Waals surface area contributed by atoms with Crippen LogP contribution in [0.25, 0.3) is 0 Å². The van der Waals surface area contributed by atoms with Crippen molar-refractivity contribution in [3.05, 3.63) is 35.1 Å². The van der Waals surface area contributed by atoms with Gasteiger partial charge in [-0.1, -0.05) is 40.0 Å². The average molecular weight is 518 g/mol. The molecule has 0 radical (unpaired) electrons. The SMILES string of the molecule is C=O.C=O.CC1CC(C(C)(C)Cc2cc(F)cc(C(F)(F)F)c2)C1.CNC1(CC(C)=O)CCCCC1. The first kappa shape index (κ1) is 33.9. The zero-order chi connectivity index (χ0) is 28.2. The van der Waals surface area contributed by atoms with Crippen LogP contribution in [0.2, 0.25) is 0 Å². The molecule has 2 fully saturated rings. The standard InChI is InChI=1S/C16H20F4.C10H19NO.2CH2O/c1-10-4-12(5-10)15(2,3)9-11-6-13(16(18,19)20)8-14(17)7-11;1-9(12)8-10(11-2)6-4-3-5-7-10;2*1-2/h6-8,10,12H,4-5,9H2,1-3H3;11H,3-8H2,1-2H3;2*1H2. The molecule has 2 aliphatic carbocycles. The van der Waals surface area contributed by atoms with E-state index in [1.54, 1.807) is 6.92 Å². The van der Waals surface area contributed by atoms with Crippen molar-refractivity contribution in [2.75, 3.05) is 7.05 Å². The van der Waals surface area contributed by atoms with Crippen LogP contribution in [-0.2, 0) is 27.0 Å². The molecule has 2 saturated carbocycles. The fourth-order valence-electron chi connectivity index (χ4n) is 5.35. The topological polar surface area (TPSA) is 63.2 Å². The van der Waals surface area contributed by atoms with Crippen molar-refractivity contribution in [3.8, 4) is 0 Å². The number of ketones is 1. The molecule has 2 aliphatic rings. The Morgan fingerprint density at radius 1 is 1.03 bits per heavy atom. The minimum absolute atomic E-state index is 0.0941. The molecule has 0 bridgehead atoms. The molecule has 0 spiro atoms. The first-order valence-electron chi connectivity index (χ1n) is 12.4. The summed E-state index contributed by atoms with van der Waals surface area (Å²) in [6, 6.07) is 2.86. The summed E-state index contributed by atoms with van der Waals surface area (Å²) in [5.41, 5.74) is -0.417. The van der Waals surface area contributed by atoms with Crippen molar-refractivity contribution >= 4 is 19.4 Å². The number of carbonyl (C=O) groups excluding carboxylic acids is 3. The lowest BCUT2D eigenvalue weighted by Gasteiger charge is -2.44. The summed E-state index contributed by atoms with van der Waals surface area (Å²) in [7, 11) is 1.98. The lowest BCUT2D eigenvalue weighted by molar-refractivity contribution is -0.137. The summed E-state index contributed by atoms with van der Waals surface area (Å²) in [6.07, 6.45) is 5.12. The monoisotopic (exact) mass is 517 g/mol. The summed E-state index contributed by atoms with van der Waals surface area (Å²) in [4.78, 5) is 27.0. The smallest absolute Gasteiger partial charge is 0.314 e. The van der Waals surface area contributed by atoms with E-state index in [0.717, 1.165) is 18.9 Å². The van der Waals surface area contributed by atoms with E-state index in [9.17, 15) is 22.4 Å². The third-order valence-corrected chi connectivity index (χ3v) is 7.35. The van der Waals surface area contributed by atoms with Gasteiger partial charge in [-0.3, -0.25) is 4.79 Å². The first-order valence-corrected chi connectivity index (χ1v) is 12.4. The van der Waals surface area contributed by atoms with E-state index in [2.05, 4.69) is 26.1 Å². The van der Waals surface area contributed by atoms with Gasteiger partial charge in [-0.15, -0.1) is 0 Å². The Bertz CT molecular complexity index is 796. The van der Waals surface area contributed by atoms with Gasteiger partial charge in [0.25, 0.3) is 0 Å². The summed E-state index contributed by atoms with van der Waals surface area (Å²) >= 11 is 0. The third-order valence-electron chi connectivity index (χ3n) is 7.35. The summed E-state index contributed by atoms with van der Waals surface area (Å²) < 4.78 is 51.5. The van der Waals surface area contributed by atoms with Crippen LogP contribution in [0, 0.1) is 23.1 Å². The van der Waals surface area contributed by atoms with E-state index in [4.69, 9.17) is 9.59 Å². The Morgan fingerprint density at radius 2 is 1.56 bits per heavy atom. The maximum absolute atomic E-state index is 13.4. The molecule has 0 heterocycles. The average Bonchev–Trinajstić information content (AvgIpc) is 2.79. The molecule has 0 atom stereocenters. The van der Waals surface area contributed by atoms with Gasteiger partial charge >= 0.3 is 6.18 Å². The zero-order valence-electron chi connectivity index (χ0n) is 22.4. The highest BCUT2D eigenvalue weighted by molar-refractivity contribution is 5.76. The van der Waals surface area contributed by atoms with Crippen LogP contribution in [0.4, 0.5) is 17.6 Å². The van der Waals surface area contributed by atoms with Crippen LogP contribution in [0.1, 0.15) is 90.2 Å². The summed E-state index contributed by atoms with van der Waals surface area (Å²) in [5.74, 6) is 0.700. The number of benzene rings is 1. The first-order chi connectivity index (χ1) is 16.8. The van der Waals surface area contributed by atoms with Gasteiger partial charge < -0.3 is 14.9 Å². The van der Waals surface area contributed by atoms with Crippen LogP contribution in [0.15, 0.2) is 18.2 Å². The van der Waals surface area contributed by atoms with Crippen LogP contribution < -0.4 is 5.32 Å². The van der Waals surface area contributed by atoms with Gasteiger partial charge in [0.15, 0.2) is 0 Å². The number of halogens is 4. The molecule has 1 N–H and O–H groups in total. The van der Waals surface area contributed by atoms with E-state index in [0.29, 0.717) is 42.1 Å². The van der Waals surface area contributed by atoms with Gasteiger partial charge in [0.2, 0.25) is 0 Å². The molecule has 3 rings (SSSR count). The lowest BCUT2D eigenvalue weighted by atomic mass is 9.61. The molecule has 0 saturated heterocycles. The quantitative estimate of drug-likeness (QED) is 0.414. The molecule has 0 aliphatic heterocycles. The minimum Gasteiger partial charge on any atom is -0.314 e. The van der Waals surface area contributed by atoms with E-state index in [1.807, 2.05) is 20.6 Å². The van der Waals surface area contributed by atoms with E-state index in [1.165, 1.54) is 38.2 Å². The van der Waals surface area contributed by atoms with Gasteiger partial charge in [0.05, 0.1) is 5.56 Å². The molecule has 8 heteroatoms. The third kappa shape index (κ3) is 10.9. The molecular weight excluding hydrogens is 474 g/mol. The number of hydrogen-bond donors (Lipinski definition) is 1. The normalized spacial score (nSPS) is 20.7. The highest BCUT2D eigenvalue weighted by atomic mass is 19.4. The van der Waals surface area contributed by atoms with Crippen molar-refractivity contribution < 1.29 is 31.9 Å². The highest BCUT2D eigenvalue weighted by Gasteiger charge is 2.38. The molecular formula is C28H43F4NO3. The van der Waals surface area contributed by atoms with Crippen molar-refractivity contribution in [3.63, 3.8) is 0 Å². The van der Waals surface area contributed by atoms with Crippen LogP contribution >= 0.6 is 0 Å². The van der Waals surface area contributed by atoms with E-state index >= 15 is 0 Å². The molecule has 0 unspecified atom stereocenters.